The molecule has 0 saturated heterocycles. The Bertz CT molecular complexity index is 128. The quantitative estimate of drug-likeness (QED) is 0.433. The van der Waals surface area contributed by atoms with Crippen LogP contribution < -0.4 is 0 Å². The lowest BCUT2D eigenvalue weighted by molar-refractivity contribution is -0.651. The van der Waals surface area contributed by atoms with Crippen LogP contribution in [0.15, 0.2) is 0 Å². The molecule has 0 saturated carbocycles. The minimum Gasteiger partial charge on any atom is -0.235 e. The summed E-state index contributed by atoms with van der Waals surface area (Å²) in [5, 5.41) is 10.8. The maximum absolute atomic E-state index is 10.1. The Kier molecular flexibility index (Phi) is 2.63. The molecule has 0 spiro atoms. The maximum Gasteiger partial charge on any atom is 0.159 e. The van der Waals surface area contributed by atoms with E-state index >= 15 is 0 Å². The lowest BCUT2D eigenvalue weighted by Gasteiger charge is -2.20. The summed E-state index contributed by atoms with van der Waals surface area (Å²) >= 11 is 0. The average molecular weight is 146 g/mol. The molecule has 0 aromatic carbocycles. The monoisotopic (exact) mass is 146 g/mol. The molecule has 0 aromatic rings. The first kappa shape index (κ1) is 9.20. The summed E-state index contributed by atoms with van der Waals surface area (Å²) in [4.78, 5) is 10.1. The normalized spacial score (nSPS) is 11.2. The Balaban J connectivity index is 3.80. The van der Waals surface area contributed by atoms with Crippen molar-refractivity contribution in [1.82, 2.24) is 5.01 Å². The van der Waals surface area contributed by atoms with Crippen molar-refractivity contribution in [2.75, 3.05) is 13.6 Å². The van der Waals surface area contributed by atoms with Crippen molar-refractivity contribution < 1.29 is 5.03 Å². The second-order valence-electron chi connectivity index (χ2n) is 3.61. The summed E-state index contributed by atoms with van der Waals surface area (Å²) in [5.41, 5.74) is -0.0121. The molecule has 0 unspecified atom stereocenters. The maximum atomic E-state index is 10.1. The summed E-state index contributed by atoms with van der Waals surface area (Å²) in [6, 6.07) is 0. The third-order valence-corrected chi connectivity index (χ3v) is 0.982. The zero-order chi connectivity index (χ0) is 8.36. The van der Waals surface area contributed by atoms with Crippen LogP contribution in [0, 0.1) is 15.5 Å². The van der Waals surface area contributed by atoms with E-state index in [0.717, 1.165) is 5.01 Å². The standard InChI is InChI=1S/C6H14N2O2/c1-6(2,3)5-7(4)8(9)10/h5H2,1-4H3. The average Bonchev–Trinajstić information content (AvgIpc) is 1.60. The van der Waals surface area contributed by atoms with Gasteiger partial charge in [-0.15, -0.1) is 5.01 Å². The van der Waals surface area contributed by atoms with Crippen LogP contribution in [0.3, 0.4) is 0 Å². The van der Waals surface area contributed by atoms with Gasteiger partial charge in [-0.3, -0.25) is 0 Å². The molecule has 0 radical (unpaired) electrons. The summed E-state index contributed by atoms with van der Waals surface area (Å²) in [6.45, 7) is 6.37. The van der Waals surface area contributed by atoms with Gasteiger partial charge in [0.2, 0.25) is 0 Å². The number of nitro groups is 1. The Morgan fingerprint density at radius 3 is 2.00 bits per heavy atom. The SMILES string of the molecule is CN(CC(C)(C)C)[N+](=O)[O-]. The van der Waals surface area contributed by atoms with Gasteiger partial charge in [-0.2, -0.15) is 0 Å². The fourth-order valence-corrected chi connectivity index (χ4v) is 0.744. The summed E-state index contributed by atoms with van der Waals surface area (Å²) in [6.07, 6.45) is 0. The third-order valence-electron chi connectivity index (χ3n) is 0.982. The lowest BCUT2D eigenvalue weighted by Crippen LogP contribution is -2.33. The van der Waals surface area contributed by atoms with Crippen molar-refractivity contribution >= 4 is 0 Å². The van der Waals surface area contributed by atoms with Gasteiger partial charge in [0.05, 0.1) is 13.6 Å². The van der Waals surface area contributed by atoms with E-state index in [0.29, 0.717) is 6.54 Å². The summed E-state index contributed by atoms with van der Waals surface area (Å²) in [5.74, 6) is 0. The molecule has 0 aliphatic heterocycles. The number of hydrogen-bond donors (Lipinski definition) is 0. The van der Waals surface area contributed by atoms with E-state index in [-0.39, 0.29) is 5.41 Å². The zero-order valence-electron chi connectivity index (χ0n) is 6.92. The first-order valence-corrected chi connectivity index (χ1v) is 3.18. The van der Waals surface area contributed by atoms with Gasteiger partial charge in [-0.25, -0.2) is 10.1 Å². The lowest BCUT2D eigenvalue weighted by atomic mass is 9.97. The van der Waals surface area contributed by atoms with Crippen molar-refractivity contribution in [3.05, 3.63) is 10.1 Å². The van der Waals surface area contributed by atoms with Gasteiger partial charge in [-0.1, -0.05) is 20.8 Å². The van der Waals surface area contributed by atoms with Crippen molar-refractivity contribution in [3.63, 3.8) is 0 Å². The molecule has 0 fully saturated rings. The molecule has 4 nitrogen and oxygen atoms in total. The smallest absolute Gasteiger partial charge is 0.159 e. The predicted octanol–water partition coefficient (Wildman–Crippen LogP) is 1.16. The van der Waals surface area contributed by atoms with Crippen molar-refractivity contribution in [2.24, 2.45) is 5.41 Å². The van der Waals surface area contributed by atoms with Crippen LogP contribution in [0.5, 0.6) is 0 Å². The Morgan fingerprint density at radius 1 is 1.50 bits per heavy atom. The minimum atomic E-state index is -0.398. The highest BCUT2D eigenvalue weighted by Crippen LogP contribution is 2.13. The van der Waals surface area contributed by atoms with Crippen LogP contribution in [-0.4, -0.2) is 23.6 Å². The minimum absolute atomic E-state index is 0.0121. The first-order valence-electron chi connectivity index (χ1n) is 3.18. The fourth-order valence-electron chi connectivity index (χ4n) is 0.744. The summed E-state index contributed by atoms with van der Waals surface area (Å²) < 4.78 is 0. The summed E-state index contributed by atoms with van der Waals surface area (Å²) in [7, 11) is 1.48. The van der Waals surface area contributed by atoms with E-state index < -0.39 is 5.03 Å². The molecule has 0 atom stereocenters. The molecule has 0 bridgehead atoms. The molecule has 60 valence electrons. The Hall–Kier alpha value is -0.800. The van der Waals surface area contributed by atoms with Crippen LogP contribution in [0.25, 0.3) is 0 Å². The molecular weight excluding hydrogens is 132 g/mol. The van der Waals surface area contributed by atoms with E-state index in [1.807, 2.05) is 20.8 Å². The molecule has 0 aliphatic carbocycles. The Morgan fingerprint density at radius 2 is 1.90 bits per heavy atom. The van der Waals surface area contributed by atoms with Gasteiger partial charge in [0.1, 0.15) is 0 Å². The molecule has 0 aromatic heterocycles. The van der Waals surface area contributed by atoms with Crippen LogP contribution in [0.4, 0.5) is 0 Å². The van der Waals surface area contributed by atoms with Crippen LogP contribution in [0.2, 0.25) is 0 Å². The predicted molar refractivity (Wildman–Crippen MR) is 39.1 cm³/mol. The van der Waals surface area contributed by atoms with E-state index in [1.165, 1.54) is 7.05 Å². The van der Waals surface area contributed by atoms with Crippen LogP contribution in [0.1, 0.15) is 20.8 Å². The topological polar surface area (TPSA) is 46.4 Å². The second kappa shape index (κ2) is 2.86. The molecular formula is C6H14N2O2. The molecule has 0 N–H and O–H groups in total. The van der Waals surface area contributed by atoms with Crippen molar-refractivity contribution in [1.29, 1.82) is 0 Å². The fraction of sp³-hybridized carbons (Fsp3) is 1.00. The number of rotatable bonds is 2. The molecule has 0 aliphatic rings. The van der Waals surface area contributed by atoms with Gasteiger partial charge in [0, 0.05) is 0 Å². The highest BCUT2D eigenvalue weighted by molar-refractivity contribution is 4.61. The van der Waals surface area contributed by atoms with Gasteiger partial charge in [-0.05, 0) is 5.41 Å². The molecule has 0 rings (SSSR count). The number of hydrogen-bond acceptors (Lipinski definition) is 2. The van der Waals surface area contributed by atoms with Crippen molar-refractivity contribution in [2.45, 2.75) is 20.8 Å². The van der Waals surface area contributed by atoms with Crippen LogP contribution >= 0.6 is 0 Å². The number of nitrogens with zero attached hydrogens (tertiary/aromatic N) is 2. The van der Waals surface area contributed by atoms with Gasteiger partial charge in [0.15, 0.2) is 5.03 Å². The van der Waals surface area contributed by atoms with Crippen LogP contribution in [-0.2, 0) is 0 Å². The highest BCUT2D eigenvalue weighted by Gasteiger charge is 2.18. The van der Waals surface area contributed by atoms with Gasteiger partial charge < -0.3 is 0 Å². The van der Waals surface area contributed by atoms with E-state index in [2.05, 4.69) is 0 Å². The highest BCUT2D eigenvalue weighted by atomic mass is 16.7. The zero-order valence-corrected chi connectivity index (χ0v) is 6.92. The van der Waals surface area contributed by atoms with Gasteiger partial charge in [0.25, 0.3) is 0 Å². The van der Waals surface area contributed by atoms with Gasteiger partial charge >= 0.3 is 0 Å². The molecule has 10 heavy (non-hydrogen) atoms. The van der Waals surface area contributed by atoms with E-state index in [9.17, 15) is 10.1 Å². The van der Waals surface area contributed by atoms with E-state index in [1.54, 1.807) is 0 Å². The largest absolute Gasteiger partial charge is 0.235 e. The first-order chi connectivity index (χ1) is 4.33. The Labute approximate surface area is 60.9 Å². The second-order valence-corrected chi connectivity index (χ2v) is 3.61. The van der Waals surface area contributed by atoms with E-state index in [4.69, 9.17) is 0 Å². The molecule has 0 heterocycles. The third kappa shape index (κ3) is 4.12. The molecule has 4 heteroatoms. The number of hydrazine groups is 1. The molecule has 0 amide bonds. The van der Waals surface area contributed by atoms with Crippen molar-refractivity contribution in [3.8, 4) is 0 Å².